The quantitative estimate of drug-likeness (QED) is 0.820. The van der Waals surface area contributed by atoms with E-state index in [-0.39, 0.29) is 5.91 Å². The Labute approximate surface area is 109 Å². The first-order chi connectivity index (χ1) is 8.69. The molecule has 0 atom stereocenters. The molecule has 0 aliphatic carbocycles. The number of aryl methyl sites for hydroxylation is 2. The van der Waals surface area contributed by atoms with Crippen molar-refractivity contribution in [3.63, 3.8) is 0 Å². The van der Waals surface area contributed by atoms with Gasteiger partial charge in [0.1, 0.15) is 0 Å². The van der Waals surface area contributed by atoms with Crippen LogP contribution in [-0.2, 0) is 19.9 Å². The molecule has 1 aromatic heterocycles. The highest BCUT2D eigenvalue weighted by Gasteiger charge is 2.26. The Kier molecular flexibility index (Phi) is 4.04. The first-order valence-electron chi connectivity index (χ1n) is 7.03. The van der Waals surface area contributed by atoms with Crippen LogP contribution in [0.3, 0.4) is 0 Å². The van der Waals surface area contributed by atoms with E-state index in [1.165, 1.54) is 0 Å². The van der Waals surface area contributed by atoms with Gasteiger partial charge in [0, 0.05) is 20.1 Å². The molecule has 0 aromatic carbocycles. The number of rotatable bonds is 4. The topological polar surface area (TPSA) is 38.1 Å². The Bertz CT molecular complexity index is 430. The Morgan fingerprint density at radius 3 is 2.50 bits per heavy atom. The third-order valence-electron chi connectivity index (χ3n) is 3.67. The smallest absolute Gasteiger partial charge is 0.257 e. The maximum absolute atomic E-state index is 12.6. The van der Waals surface area contributed by atoms with Crippen LogP contribution in [-0.4, -0.2) is 33.7 Å². The fourth-order valence-corrected chi connectivity index (χ4v) is 2.76. The first kappa shape index (κ1) is 13.1. The van der Waals surface area contributed by atoms with Crippen molar-refractivity contribution in [2.45, 2.75) is 46.0 Å². The monoisotopic (exact) mass is 249 g/mol. The zero-order chi connectivity index (χ0) is 13.1. The van der Waals surface area contributed by atoms with Crippen LogP contribution in [0.1, 0.15) is 54.9 Å². The lowest BCUT2D eigenvalue weighted by Gasteiger charge is -2.16. The molecule has 1 saturated heterocycles. The molecule has 1 fully saturated rings. The van der Waals surface area contributed by atoms with E-state index in [1.807, 2.05) is 16.6 Å². The van der Waals surface area contributed by atoms with Gasteiger partial charge in [0.25, 0.3) is 5.91 Å². The molecule has 18 heavy (non-hydrogen) atoms. The number of likely N-dealkylation sites (tertiary alicyclic amines) is 1. The normalized spacial score (nSPS) is 15.4. The Hall–Kier alpha value is -1.32. The van der Waals surface area contributed by atoms with Gasteiger partial charge in [0.15, 0.2) is 0 Å². The van der Waals surface area contributed by atoms with Crippen LogP contribution < -0.4 is 0 Å². The van der Waals surface area contributed by atoms with Gasteiger partial charge in [-0.2, -0.15) is 5.10 Å². The molecule has 1 amide bonds. The Morgan fingerprint density at radius 1 is 1.28 bits per heavy atom. The van der Waals surface area contributed by atoms with Crippen molar-refractivity contribution in [2.24, 2.45) is 7.05 Å². The van der Waals surface area contributed by atoms with Gasteiger partial charge in [-0.1, -0.05) is 20.3 Å². The fraction of sp³-hybridized carbons (Fsp3) is 0.714. The SMILES string of the molecule is CCCc1nn(C)c(CC)c1C(=O)N1CCCC1. The second-order valence-electron chi connectivity index (χ2n) is 4.99. The van der Waals surface area contributed by atoms with Gasteiger partial charge in [0.2, 0.25) is 0 Å². The first-order valence-corrected chi connectivity index (χ1v) is 7.03. The lowest BCUT2D eigenvalue weighted by molar-refractivity contribution is 0.0790. The highest BCUT2D eigenvalue weighted by Crippen LogP contribution is 2.21. The van der Waals surface area contributed by atoms with Gasteiger partial charge < -0.3 is 4.90 Å². The van der Waals surface area contributed by atoms with Gasteiger partial charge in [-0.15, -0.1) is 0 Å². The zero-order valence-electron chi connectivity index (χ0n) is 11.7. The van der Waals surface area contributed by atoms with Crippen LogP contribution in [0.2, 0.25) is 0 Å². The van der Waals surface area contributed by atoms with Crippen LogP contribution in [0.25, 0.3) is 0 Å². The maximum Gasteiger partial charge on any atom is 0.257 e. The molecule has 1 aromatic rings. The summed E-state index contributed by atoms with van der Waals surface area (Å²) in [5, 5.41) is 4.53. The number of carbonyl (C=O) groups is 1. The van der Waals surface area contributed by atoms with Crippen molar-refractivity contribution in [3.05, 3.63) is 17.0 Å². The van der Waals surface area contributed by atoms with E-state index in [0.29, 0.717) is 0 Å². The van der Waals surface area contributed by atoms with Crippen molar-refractivity contribution >= 4 is 5.91 Å². The molecule has 1 aliphatic rings. The molecule has 4 nitrogen and oxygen atoms in total. The average Bonchev–Trinajstić information content (AvgIpc) is 2.96. The number of hydrogen-bond donors (Lipinski definition) is 0. The molecule has 0 bridgehead atoms. The predicted octanol–water partition coefficient (Wildman–Crippen LogP) is 2.17. The summed E-state index contributed by atoms with van der Waals surface area (Å²) in [6.45, 7) is 6.03. The maximum atomic E-state index is 12.6. The highest BCUT2D eigenvalue weighted by atomic mass is 16.2. The van der Waals surface area contributed by atoms with Crippen molar-refractivity contribution in [2.75, 3.05) is 13.1 Å². The minimum atomic E-state index is 0.195. The van der Waals surface area contributed by atoms with E-state index in [0.717, 1.165) is 62.1 Å². The number of hydrogen-bond acceptors (Lipinski definition) is 2. The minimum absolute atomic E-state index is 0.195. The lowest BCUT2D eigenvalue weighted by atomic mass is 10.1. The van der Waals surface area contributed by atoms with E-state index in [9.17, 15) is 4.79 Å². The third kappa shape index (κ3) is 2.28. The van der Waals surface area contributed by atoms with Crippen molar-refractivity contribution in [3.8, 4) is 0 Å². The van der Waals surface area contributed by atoms with Gasteiger partial charge in [-0.05, 0) is 25.7 Å². The number of amides is 1. The van der Waals surface area contributed by atoms with Crippen molar-refractivity contribution in [1.29, 1.82) is 0 Å². The molecule has 0 saturated carbocycles. The highest BCUT2D eigenvalue weighted by molar-refractivity contribution is 5.96. The summed E-state index contributed by atoms with van der Waals surface area (Å²) in [6.07, 6.45) is 5.05. The van der Waals surface area contributed by atoms with Crippen LogP contribution in [0.15, 0.2) is 0 Å². The van der Waals surface area contributed by atoms with Crippen LogP contribution in [0.5, 0.6) is 0 Å². The number of aromatic nitrogens is 2. The number of carbonyl (C=O) groups excluding carboxylic acids is 1. The molecule has 1 aliphatic heterocycles. The fourth-order valence-electron chi connectivity index (χ4n) is 2.76. The van der Waals surface area contributed by atoms with Gasteiger partial charge in [-0.3, -0.25) is 9.48 Å². The average molecular weight is 249 g/mol. The van der Waals surface area contributed by atoms with Crippen LogP contribution in [0, 0.1) is 0 Å². The number of nitrogens with zero attached hydrogens (tertiary/aromatic N) is 3. The second-order valence-corrected chi connectivity index (χ2v) is 4.99. The summed E-state index contributed by atoms with van der Waals surface area (Å²) in [5.41, 5.74) is 2.94. The predicted molar refractivity (Wildman–Crippen MR) is 71.7 cm³/mol. The van der Waals surface area contributed by atoms with Gasteiger partial charge in [0.05, 0.1) is 17.0 Å². The molecule has 2 heterocycles. The van der Waals surface area contributed by atoms with Gasteiger partial charge >= 0.3 is 0 Å². The standard InChI is InChI=1S/C14H23N3O/c1-4-8-11-13(12(5-2)16(3)15-11)14(18)17-9-6-7-10-17/h4-10H2,1-3H3. The summed E-state index contributed by atoms with van der Waals surface area (Å²) >= 11 is 0. The van der Waals surface area contributed by atoms with E-state index in [2.05, 4.69) is 18.9 Å². The molecule has 0 radical (unpaired) electrons. The lowest BCUT2D eigenvalue weighted by Crippen LogP contribution is -2.29. The Balaban J connectivity index is 2.36. The molecular weight excluding hydrogens is 226 g/mol. The molecule has 4 heteroatoms. The van der Waals surface area contributed by atoms with Crippen molar-refractivity contribution < 1.29 is 4.79 Å². The van der Waals surface area contributed by atoms with E-state index >= 15 is 0 Å². The van der Waals surface area contributed by atoms with Crippen LogP contribution >= 0.6 is 0 Å². The molecule has 0 unspecified atom stereocenters. The molecule has 0 spiro atoms. The molecular formula is C14H23N3O. The van der Waals surface area contributed by atoms with E-state index in [1.54, 1.807) is 0 Å². The largest absolute Gasteiger partial charge is 0.339 e. The second kappa shape index (κ2) is 5.55. The van der Waals surface area contributed by atoms with Crippen LogP contribution in [0.4, 0.5) is 0 Å². The summed E-state index contributed by atoms with van der Waals surface area (Å²) < 4.78 is 1.88. The molecule has 100 valence electrons. The van der Waals surface area contributed by atoms with Gasteiger partial charge in [-0.25, -0.2) is 0 Å². The summed E-state index contributed by atoms with van der Waals surface area (Å²) in [7, 11) is 1.94. The van der Waals surface area contributed by atoms with Crippen molar-refractivity contribution in [1.82, 2.24) is 14.7 Å². The summed E-state index contributed by atoms with van der Waals surface area (Å²) in [4.78, 5) is 14.6. The summed E-state index contributed by atoms with van der Waals surface area (Å²) in [6, 6.07) is 0. The minimum Gasteiger partial charge on any atom is -0.339 e. The molecule has 2 rings (SSSR count). The zero-order valence-corrected chi connectivity index (χ0v) is 11.7. The molecule has 0 N–H and O–H groups in total. The van der Waals surface area contributed by atoms with E-state index < -0.39 is 0 Å². The summed E-state index contributed by atoms with van der Waals surface area (Å²) in [5.74, 6) is 0.195. The third-order valence-corrected chi connectivity index (χ3v) is 3.67. The Morgan fingerprint density at radius 2 is 1.94 bits per heavy atom. The van der Waals surface area contributed by atoms with E-state index in [4.69, 9.17) is 0 Å².